The van der Waals surface area contributed by atoms with Gasteiger partial charge in [-0.1, -0.05) is 18.2 Å². The molecule has 0 fully saturated rings. The van der Waals surface area contributed by atoms with Crippen LogP contribution >= 0.6 is 0 Å². The van der Waals surface area contributed by atoms with E-state index in [1.54, 1.807) is 6.92 Å². The van der Waals surface area contributed by atoms with Gasteiger partial charge in [0.25, 0.3) is 5.91 Å². The average Bonchev–Trinajstić information content (AvgIpc) is 2.58. The molecule has 0 spiro atoms. The van der Waals surface area contributed by atoms with E-state index in [1.807, 2.05) is 5.32 Å². The van der Waals surface area contributed by atoms with Crippen LogP contribution in [0.15, 0.2) is 47.4 Å². The van der Waals surface area contributed by atoms with Crippen LogP contribution in [0.25, 0.3) is 0 Å². The summed E-state index contributed by atoms with van der Waals surface area (Å²) in [5.41, 5.74) is -1.15. The Hall–Kier alpha value is -2.88. The summed E-state index contributed by atoms with van der Waals surface area (Å²) >= 11 is 0. The summed E-state index contributed by atoms with van der Waals surface area (Å²) in [6.45, 7) is 0.704. The van der Waals surface area contributed by atoms with Crippen molar-refractivity contribution in [2.45, 2.75) is 18.0 Å². The number of nitrogens with one attached hydrogen (secondary N) is 1. The minimum atomic E-state index is -4.66. The van der Waals surface area contributed by atoms with Crippen LogP contribution in [0.3, 0.4) is 0 Å². The van der Waals surface area contributed by atoms with Gasteiger partial charge in [-0.25, -0.2) is 13.2 Å². The smallest absolute Gasteiger partial charge is 0.418 e. The first kappa shape index (κ1) is 21.4. The zero-order valence-electron chi connectivity index (χ0n) is 14.8. The van der Waals surface area contributed by atoms with Gasteiger partial charge in [0.1, 0.15) is 0 Å². The molecule has 1 N–H and O–H groups in total. The number of hydrogen-bond acceptors (Lipinski definition) is 5. The molecule has 2 aromatic rings. The second kappa shape index (κ2) is 8.01. The lowest BCUT2D eigenvalue weighted by molar-refractivity contribution is -0.137. The minimum absolute atomic E-state index is 0.0635. The third kappa shape index (κ3) is 5.32. The number of rotatable bonds is 5. The lowest BCUT2D eigenvalue weighted by Gasteiger charge is -2.13. The third-order valence-corrected chi connectivity index (χ3v) is 4.81. The molecule has 0 unspecified atom stereocenters. The van der Waals surface area contributed by atoms with Crippen molar-refractivity contribution in [1.82, 2.24) is 0 Å². The number of sulfone groups is 1. The number of hydrogen-bond donors (Lipinski definition) is 1. The Labute approximate surface area is 159 Å². The van der Waals surface area contributed by atoms with Crippen LogP contribution in [0.2, 0.25) is 0 Å². The molecule has 0 aromatic heterocycles. The second-order valence-corrected chi connectivity index (χ2v) is 7.93. The highest BCUT2D eigenvalue weighted by Gasteiger charge is 2.33. The summed E-state index contributed by atoms with van der Waals surface area (Å²) < 4.78 is 66.8. The Morgan fingerprint density at radius 2 is 1.75 bits per heavy atom. The van der Waals surface area contributed by atoms with Crippen LogP contribution in [-0.4, -0.2) is 33.2 Å². The molecule has 0 aliphatic rings. The summed E-state index contributed by atoms with van der Waals surface area (Å²) in [5.74, 6) is -1.94. The van der Waals surface area contributed by atoms with Crippen molar-refractivity contribution in [3.63, 3.8) is 0 Å². The molecule has 0 aliphatic carbocycles. The van der Waals surface area contributed by atoms with Crippen molar-refractivity contribution in [3.05, 3.63) is 59.2 Å². The van der Waals surface area contributed by atoms with Gasteiger partial charge in [-0.05, 0) is 36.8 Å². The SMILES string of the molecule is Cc1ccc(S(C)(=O)=O)cc1C(=O)OCC(=O)Nc1ccccc1C(F)(F)F. The number of esters is 1. The van der Waals surface area contributed by atoms with Crippen molar-refractivity contribution < 1.29 is 35.9 Å². The largest absolute Gasteiger partial charge is 0.452 e. The molecule has 2 rings (SSSR count). The molecular formula is C18H16F3NO5S. The monoisotopic (exact) mass is 415 g/mol. The van der Waals surface area contributed by atoms with E-state index < -0.39 is 45.7 Å². The average molecular weight is 415 g/mol. The number of ether oxygens (including phenoxy) is 1. The van der Waals surface area contributed by atoms with Gasteiger partial charge < -0.3 is 10.1 Å². The van der Waals surface area contributed by atoms with E-state index in [0.29, 0.717) is 5.56 Å². The van der Waals surface area contributed by atoms with Crippen molar-refractivity contribution in [2.75, 3.05) is 18.2 Å². The molecule has 0 bridgehead atoms. The number of alkyl halides is 3. The predicted octanol–water partition coefficient (Wildman–Crippen LogP) is 3.21. The molecule has 0 saturated carbocycles. The van der Waals surface area contributed by atoms with Crippen molar-refractivity contribution in [1.29, 1.82) is 0 Å². The summed E-state index contributed by atoms with van der Waals surface area (Å²) in [7, 11) is -3.56. The Morgan fingerprint density at radius 3 is 2.36 bits per heavy atom. The van der Waals surface area contributed by atoms with Crippen LogP contribution in [0.4, 0.5) is 18.9 Å². The molecule has 0 atom stereocenters. The van der Waals surface area contributed by atoms with Gasteiger partial charge in [0.2, 0.25) is 0 Å². The van der Waals surface area contributed by atoms with E-state index in [1.165, 1.54) is 24.3 Å². The molecule has 0 aliphatic heterocycles. The molecule has 1 amide bonds. The second-order valence-electron chi connectivity index (χ2n) is 5.92. The van der Waals surface area contributed by atoms with Crippen LogP contribution < -0.4 is 5.32 Å². The molecule has 28 heavy (non-hydrogen) atoms. The number of carbonyl (C=O) groups is 2. The van der Waals surface area contributed by atoms with Gasteiger partial charge in [0.05, 0.1) is 21.7 Å². The fraction of sp³-hybridized carbons (Fsp3) is 0.222. The van der Waals surface area contributed by atoms with Gasteiger partial charge in [-0.15, -0.1) is 0 Å². The third-order valence-electron chi connectivity index (χ3n) is 3.70. The number of benzene rings is 2. The van der Waals surface area contributed by atoms with Crippen LogP contribution in [0.1, 0.15) is 21.5 Å². The van der Waals surface area contributed by atoms with E-state index in [9.17, 15) is 31.2 Å². The van der Waals surface area contributed by atoms with Crippen molar-refractivity contribution in [3.8, 4) is 0 Å². The summed E-state index contributed by atoms with van der Waals surface area (Å²) in [6.07, 6.45) is -3.69. The number of carbonyl (C=O) groups excluding carboxylic acids is 2. The Balaban J connectivity index is 2.09. The highest BCUT2D eigenvalue weighted by Crippen LogP contribution is 2.34. The van der Waals surface area contributed by atoms with E-state index in [0.717, 1.165) is 24.5 Å². The first-order chi connectivity index (χ1) is 12.9. The molecule has 0 radical (unpaired) electrons. The van der Waals surface area contributed by atoms with Crippen LogP contribution in [0.5, 0.6) is 0 Å². The molecule has 6 nitrogen and oxygen atoms in total. The van der Waals surface area contributed by atoms with Crippen molar-refractivity contribution in [2.24, 2.45) is 0 Å². The topological polar surface area (TPSA) is 89.5 Å². The van der Waals surface area contributed by atoms with Crippen LogP contribution in [-0.2, 0) is 25.5 Å². The lowest BCUT2D eigenvalue weighted by atomic mass is 10.1. The number of amides is 1. The Kier molecular flexibility index (Phi) is 6.13. The van der Waals surface area contributed by atoms with E-state index >= 15 is 0 Å². The first-order valence-electron chi connectivity index (χ1n) is 7.83. The van der Waals surface area contributed by atoms with Crippen molar-refractivity contribution >= 4 is 27.4 Å². The molecule has 0 saturated heterocycles. The molecule has 150 valence electrons. The highest BCUT2D eigenvalue weighted by atomic mass is 32.2. The molecule has 0 heterocycles. The first-order valence-corrected chi connectivity index (χ1v) is 9.72. The quantitative estimate of drug-likeness (QED) is 0.758. The van der Waals surface area contributed by atoms with Gasteiger partial charge in [-0.2, -0.15) is 13.2 Å². The van der Waals surface area contributed by atoms with Crippen LogP contribution in [0, 0.1) is 6.92 Å². The molecular weight excluding hydrogens is 399 g/mol. The lowest BCUT2D eigenvalue weighted by Crippen LogP contribution is -2.23. The Bertz CT molecular complexity index is 1020. The summed E-state index contributed by atoms with van der Waals surface area (Å²) in [6, 6.07) is 8.22. The Morgan fingerprint density at radius 1 is 1.11 bits per heavy atom. The molecule has 10 heteroatoms. The fourth-order valence-electron chi connectivity index (χ4n) is 2.29. The minimum Gasteiger partial charge on any atom is -0.452 e. The maximum atomic E-state index is 12.9. The summed E-state index contributed by atoms with van der Waals surface area (Å²) in [4.78, 5) is 23.9. The number of halogens is 3. The van der Waals surface area contributed by atoms with Gasteiger partial charge in [0, 0.05) is 6.26 Å². The zero-order chi connectivity index (χ0) is 21.1. The number of aryl methyl sites for hydroxylation is 1. The number of para-hydroxylation sites is 1. The normalized spacial score (nSPS) is 11.8. The van der Waals surface area contributed by atoms with E-state index in [2.05, 4.69) is 0 Å². The maximum absolute atomic E-state index is 12.9. The summed E-state index contributed by atoms with van der Waals surface area (Å²) in [5, 5.41) is 2.04. The zero-order valence-corrected chi connectivity index (χ0v) is 15.6. The standard InChI is InChI=1S/C18H16F3NO5S/c1-11-7-8-12(28(2,25)26)9-13(11)17(24)27-10-16(23)22-15-6-4-3-5-14(15)18(19,20)21/h3-9H,10H2,1-2H3,(H,22,23). The molecule has 2 aromatic carbocycles. The maximum Gasteiger partial charge on any atom is 0.418 e. The van der Waals surface area contributed by atoms with E-state index in [-0.39, 0.29) is 10.5 Å². The number of anilines is 1. The van der Waals surface area contributed by atoms with Gasteiger partial charge >= 0.3 is 12.1 Å². The predicted molar refractivity (Wildman–Crippen MR) is 94.6 cm³/mol. The van der Waals surface area contributed by atoms with Gasteiger partial charge in [-0.3, -0.25) is 4.79 Å². The van der Waals surface area contributed by atoms with E-state index in [4.69, 9.17) is 4.74 Å². The van der Waals surface area contributed by atoms with Gasteiger partial charge in [0.15, 0.2) is 16.4 Å². The fourth-order valence-corrected chi connectivity index (χ4v) is 2.93. The highest BCUT2D eigenvalue weighted by molar-refractivity contribution is 7.90.